The van der Waals surface area contributed by atoms with Crippen molar-refractivity contribution in [2.45, 2.75) is 13.0 Å². The smallest absolute Gasteiger partial charge is 0.161 e. The highest BCUT2D eigenvalue weighted by Gasteiger charge is 2.26. The summed E-state index contributed by atoms with van der Waals surface area (Å²) in [7, 11) is 2.05. The van der Waals surface area contributed by atoms with Gasteiger partial charge in [-0.25, -0.2) is 4.98 Å². The van der Waals surface area contributed by atoms with Crippen LogP contribution in [0.3, 0.4) is 0 Å². The number of aryl methyl sites for hydroxylation is 1. The molecule has 0 aliphatic carbocycles. The lowest BCUT2D eigenvalue weighted by Gasteiger charge is -2.35. The first-order valence-corrected chi connectivity index (χ1v) is 8.56. The molecule has 1 aromatic heterocycles. The van der Waals surface area contributed by atoms with Crippen LogP contribution >= 0.6 is 0 Å². The molecule has 1 unspecified atom stereocenters. The van der Waals surface area contributed by atoms with Crippen molar-refractivity contribution in [3.63, 3.8) is 0 Å². The van der Waals surface area contributed by atoms with Crippen LogP contribution in [0.4, 0.5) is 0 Å². The van der Waals surface area contributed by atoms with Crippen molar-refractivity contribution in [3.8, 4) is 11.5 Å². The molecule has 0 saturated carbocycles. The van der Waals surface area contributed by atoms with E-state index in [1.54, 1.807) is 0 Å². The normalized spacial score (nSPS) is 18.5. The highest BCUT2D eigenvalue weighted by Crippen LogP contribution is 2.26. The Balaban J connectivity index is 1.60. The van der Waals surface area contributed by atoms with Crippen molar-refractivity contribution in [3.05, 3.63) is 42.5 Å². The summed E-state index contributed by atoms with van der Waals surface area (Å²) in [6, 6.07) is 8.12. The third-order valence-corrected chi connectivity index (χ3v) is 4.30. The number of para-hydroxylation sites is 2. The molecule has 0 bridgehead atoms. The Morgan fingerprint density at radius 1 is 1.25 bits per heavy atom. The largest absolute Gasteiger partial charge is 0.490 e. The van der Waals surface area contributed by atoms with Crippen molar-refractivity contribution < 1.29 is 9.47 Å². The zero-order valence-electron chi connectivity index (χ0n) is 14.4. The van der Waals surface area contributed by atoms with Gasteiger partial charge in [-0.15, -0.1) is 0 Å². The predicted molar refractivity (Wildman–Crippen MR) is 93.5 cm³/mol. The van der Waals surface area contributed by atoms with Gasteiger partial charge in [-0.2, -0.15) is 0 Å². The molecule has 1 fully saturated rings. The lowest BCUT2D eigenvalue weighted by molar-refractivity contribution is 0.125. The lowest BCUT2D eigenvalue weighted by atomic mass is 10.2. The number of piperazine rings is 1. The molecule has 2 heterocycles. The molecule has 130 valence electrons. The third-order valence-electron chi connectivity index (χ3n) is 4.30. The standard InChI is InChI=1S/C18H26N4O2/c1-3-23-16-6-4-5-7-17(16)24-13-12-22-11-8-19-14-15(22)18-20-9-10-21(18)2/h4-7,9-10,15,19H,3,8,11-14H2,1-2H3. The molecule has 0 radical (unpaired) electrons. The number of aromatic nitrogens is 2. The lowest BCUT2D eigenvalue weighted by Crippen LogP contribution is -2.48. The fraction of sp³-hybridized carbons (Fsp3) is 0.500. The van der Waals surface area contributed by atoms with E-state index in [2.05, 4.69) is 19.8 Å². The molecule has 1 aromatic carbocycles. The Labute approximate surface area is 143 Å². The molecule has 1 saturated heterocycles. The minimum Gasteiger partial charge on any atom is -0.490 e. The molecule has 3 rings (SSSR count). The van der Waals surface area contributed by atoms with Gasteiger partial charge in [0.2, 0.25) is 0 Å². The highest BCUT2D eigenvalue weighted by molar-refractivity contribution is 5.39. The molecule has 1 aliphatic heterocycles. The quantitative estimate of drug-likeness (QED) is 0.840. The van der Waals surface area contributed by atoms with Gasteiger partial charge < -0.3 is 19.4 Å². The van der Waals surface area contributed by atoms with Gasteiger partial charge in [0, 0.05) is 45.6 Å². The summed E-state index contributed by atoms with van der Waals surface area (Å²) in [5.41, 5.74) is 0. The number of hydrogen-bond acceptors (Lipinski definition) is 5. The van der Waals surface area contributed by atoms with Gasteiger partial charge in [-0.1, -0.05) is 12.1 Å². The first kappa shape index (κ1) is 16.8. The Morgan fingerprint density at radius 3 is 2.75 bits per heavy atom. The third kappa shape index (κ3) is 3.88. The van der Waals surface area contributed by atoms with Crippen LogP contribution in [-0.4, -0.2) is 53.8 Å². The molecule has 0 spiro atoms. The second kappa shape index (κ2) is 8.17. The number of nitrogens with one attached hydrogen (secondary N) is 1. The maximum atomic E-state index is 5.97. The summed E-state index contributed by atoms with van der Waals surface area (Å²) in [5, 5.41) is 3.46. The average Bonchev–Trinajstić information content (AvgIpc) is 3.03. The average molecular weight is 330 g/mol. The molecule has 24 heavy (non-hydrogen) atoms. The number of ether oxygens (including phenoxy) is 2. The van der Waals surface area contributed by atoms with E-state index < -0.39 is 0 Å². The van der Waals surface area contributed by atoms with E-state index >= 15 is 0 Å². The van der Waals surface area contributed by atoms with E-state index in [9.17, 15) is 0 Å². The molecular formula is C18H26N4O2. The Morgan fingerprint density at radius 2 is 2.04 bits per heavy atom. The van der Waals surface area contributed by atoms with Gasteiger partial charge in [0.25, 0.3) is 0 Å². The molecule has 2 aromatic rings. The summed E-state index contributed by atoms with van der Waals surface area (Å²) in [6.07, 6.45) is 3.86. The molecular weight excluding hydrogens is 304 g/mol. The second-order valence-electron chi connectivity index (χ2n) is 5.88. The fourth-order valence-corrected chi connectivity index (χ4v) is 3.08. The summed E-state index contributed by atoms with van der Waals surface area (Å²) < 4.78 is 13.7. The number of nitrogens with zero attached hydrogens (tertiary/aromatic N) is 3. The zero-order valence-corrected chi connectivity index (χ0v) is 14.4. The van der Waals surface area contributed by atoms with Gasteiger partial charge in [0.1, 0.15) is 12.4 Å². The van der Waals surface area contributed by atoms with Gasteiger partial charge >= 0.3 is 0 Å². The van der Waals surface area contributed by atoms with Gasteiger partial charge in [0.05, 0.1) is 12.6 Å². The summed E-state index contributed by atoms with van der Waals surface area (Å²) in [6.45, 7) is 7.02. The van der Waals surface area contributed by atoms with Crippen LogP contribution in [0.1, 0.15) is 18.8 Å². The van der Waals surface area contributed by atoms with Crippen LogP contribution in [0.15, 0.2) is 36.7 Å². The second-order valence-corrected chi connectivity index (χ2v) is 5.88. The maximum Gasteiger partial charge on any atom is 0.161 e. The van der Waals surface area contributed by atoms with Crippen molar-refractivity contribution in [2.75, 3.05) is 39.4 Å². The number of rotatable bonds is 7. The van der Waals surface area contributed by atoms with E-state index in [-0.39, 0.29) is 6.04 Å². The van der Waals surface area contributed by atoms with Crippen molar-refractivity contribution >= 4 is 0 Å². The first-order valence-electron chi connectivity index (χ1n) is 8.56. The molecule has 6 heteroatoms. The Bertz CT molecular complexity index is 643. The monoisotopic (exact) mass is 330 g/mol. The highest BCUT2D eigenvalue weighted by atomic mass is 16.5. The van der Waals surface area contributed by atoms with Crippen LogP contribution in [0.5, 0.6) is 11.5 Å². The van der Waals surface area contributed by atoms with E-state index in [0.717, 1.165) is 43.5 Å². The van der Waals surface area contributed by atoms with Crippen LogP contribution in [0.25, 0.3) is 0 Å². The summed E-state index contributed by atoms with van der Waals surface area (Å²) in [4.78, 5) is 6.95. The molecule has 1 atom stereocenters. The Hall–Kier alpha value is -2.05. The van der Waals surface area contributed by atoms with Crippen LogP contribution in [0.2, 0.25) is 0 Å². The van der Waals surface area contributed by atoms with E-state index in [1.165, 1.54) is 0 Å². The molecule has 6 nitrogen and oxygen atoms in total. The van der Waals surface area contributed by atoms with Crippen LogP contribution < -0.4 is 14.8 Å². The molecule has 1 N–H and O–H groups in total. The summed E-state index contributed by atoms with van der Waals surface area (Å²) >= 11 is 0. The van der Waals surface area contributed by atoms with E-state index in [1.807, 2.05) is 50.6 Å². The van der Waals surface area contributed by atoms with E-state index in [0.29, 0.717) is 13.2 Å². The van der Waals surface area contributed by atoms with Gasteiger partial charge in [-0.3, -0.25) is 4.90 Å². The minimum atomic E-state index is 0.282. The van der Waals surface area contributed by atoms with E-state index in [4.69, 9.17) is 9.47 Å². The van der Waals surface area contributed by atoms with Crippen molar-refractivity contribution in [1.82, 2.24) is 19.8 Å². The Kier molecular flexibility index (Phi) is 5.72. The van der Waals surface area contributed by atoms with Gasteiger partial charge in [-0.05, 0) is 19.1 Å². The van der Waals surface area contributed by atoms with Crippen LogP contribution in [-0.2, 0) is 7.05 Å². The predicted octanol–water partition coefficient (Wildman–Crippen LogP) is 1.84. The minimum absolute atomic E-state index is 0.282. The van der Waals surface area contributed by atoms with Crippen molar-refractivity contribution in [2.24, 2.45) is 7.05 Å². The van der Waals surface area contributed by atoms with Gasteiger partial charge in [0.15, 0.2) is 11.5 Å². The summed E-state index contributed by atoms with van der Waals surface area (Å²) in [5.74, 6) is 2.71. The number of hydrogen-bond donors (Lipinski definition) is 1. The molecule has 0 amide bonds. The molecule has 1 aliphatic rings. The van der Waals surface area contributed by atoms with Crippen LogP contribution in [0, 0.1) is 0 Å². The number of benzene rings is 1. The fourth-order valence-electron chi connectivity index (χ4n) is 3.08. The topological polar surface area (TPSA) is 51.6 Å². The first-order chi connectivity index (χ1) is 11.8. The maximum absolute atomic E-state index is 5.97. The SMILES string of the molecule is CCOc1ccccc1OCCN1CCNCC1c1nccn1C. The zero-order chi connectivity index (χ0) is 16.8. The van der Waals surface area contributed by atoms with Crippen molar-refractivity contribution in [1.29, 1.82) is 0 Å². The number of imidazole rings is 1.